The van der Waals surface area contributed by atoms with Crippen LogP contribution in [0, 0.1) is 19.3 Å². The van der Waals surface area contributed by atoms with E-state index >= 15 is 0 Å². The van der Waals surface area contributed by atoms with Crippen molar-refractivity contribution in [1.82, 2.24) is 0 Å². The number of aromatic hydroxyl groups is 1. The number of unbranched alkanes of at least 4 members (excludes halogenated alkanes) is 13. The lowest BCUT2D eigenvalue weighted by molar-refractivity contribution is 0.0514. The molecule has 0 bridgehead atoms. The average molecular weight is 491 g/mol. The number of benzene rings is 1. The second kappa shape index (κ2) is 14.9. The van der Waals surface area contributed by atoms with Gasteiger partial charge in [0.15, 0.2) is 5.17 Å². The van der Waals surface area contributed by atoms with Crippen molar-refractivity contribution in [2.45, 2.75) is 147 Å². The highest BCUT2D eigenvalue weighted by Gasteiger charge is 2.35. The number of phenols is 1. The van der Waals surface area contributed by atoms with Gasteiger partial charge < -0.3 is 15.6 Å². The normalized spacial score (nSPS) is 17.4. The van der Waals surface area contributed by atoms with Crippen molar-refractivity contribution in [1.29, 1.82) is 5.41 Å². The summed E-state index contributed by atoms with van der Waals surface area (Å²) in [5, 5.41) is 18.3. The second-order valence-electron chi connectivity index (χ2n) is 10.6. The van der Waals surface area contributed by atoms with Gasteiger partial charge in [0.1, 0.15) is 17.1 Å². The number of phenolic OH excluding ortho intramolecular Hbond substituents is 1. The lowest BCUT2D eigenvalue weighted by atomic mass is 9.86. The first-order valence-electron chi connectivity index (χ1n) is 13.8. The van der Waals surface area contributed by atoms with E-state index in [-0.39, 0.29) is 16.5 Å². The van der Waals surface area contributed by atoms with Gasteiger partial charge in [-0.2, -0.15) is 0 Å². The maximum atomic E-state index is 10.6. The summed E-state index contributed by atoms with van der Waals surface area (Å²) >= 11 is 1.13. The molecule has 0 spiro atoms. The predicted molar refractivity (Wildman–Crippen MR) is 148 cm³/mol. The van der Waals surface area contributed by atoms with E-state index in [1.165, 1.54) is 89.9 Å². The highest BCUT2D eigenvalue weighted by atomic mass is 32.2. The van der Waals surface area contributed by atoms with Crippen LogP contribution in [0.3, 0.4) is 0 Å². The first-order chi connectivity index (χ1) is 16.3. The lowest BCUT2D eigenvalue weighted by Crippen LogP contribution is -2.37. The van der Waals surface area contributed by atoms with Gasteiger partial charge in [-0.1, -0.05) is 90.4 Å². The fourth-order valence-electron chi connectivity index (χ4n) is 5.13. The summed E-state index contributed by atoms with van der Waals surface area (Å²) in [7, 11) is 0. The molecule has 0 aromatic heterocycles. The van der Waals surface area contributed by atoms with Crippen molar-refractivity contribution in [2.75, 3.05) is 0 Å². The smallest absolute Gasteiger partial charge is 0.156 e. The van der Waals surface area contributed by atoms with E-state index in [4.69, 9.17) is 15.9 Å². The van der Waals surface area contributed by atoms with Crippen LogP contribution in [0.25, 0.3) is 0 Å². The molecule has 4 N–H and O–H groups in total. The monoisotopic (exact) mass is 490 g/mol. The number of thioether (sulfide) groups is 1. The van der Waals surface area contributed by atoms with Crippen molar-refractivity contribution < 1.29 is 9.84 Å². The SMILES string of the molecule is CCCCCCCCCCCCCCCCC1(C)CCc2c(c(C)c(C)c(O)c2SC(=N)N)O1. The van der Waals surface area contributed by atoms with Gasteiger partial charge in [-0.15, -0.1) is 0 Å². The highest BCUT2D eigenvalue weighted by Crippen LogP contribution is 2.48. The highest BCUT2D eigenvalue weighted by molar-refractivity contribution is 8.13. The molecule has 1 aliphatic heterocycles. The molecule has 0 aliphatic carbocycles. The third-order valence-corrected chi connectivity index (χ3v) is 8.41. The largest absolute Gasteiger partial charge is 0.506 e. The minimum Gasteiger partial charge on any atom is -0.506 e. The Kier molecular flexibility index (Phi) is 12.7. The molecule has 0 amide bonds. The van der Waals surface area contributed by atoms with Crippen LogP contribution in [0.1, 0.15) is 133 Å². The summed E-state index contributed by atoms with van der Waals surface area (Å²) in [5.74, 6) is 1.15. The maximum Gasteiger partial charge on any atom is 0.156 e. The number of nitrogens with two attached hydrogens (primary N) is 1. The minimum absolute atomic E-state index is 0.00324. The number of fused-ring (bicyclic) bond motifs is 1. The molecule has 2 rings (SSSR count). The fourth-order valence-corrected chi connectivity index (χ4v) is 5.92. The van der Waals surface area contributed by atoms with Crippen molar-refractivity contribution >= 4 is 16.9 Å². The molecule has 0 saturated heterocycles. The molecule has 5 heteroatoms. The molecule has 1 unspecified atom stereocenters. The molecule has 0 saturated carbocycles. The van der Waals surface area contributed by atoms with Gasteiger partial charge >= 0.3 is 0 Å². The molecule has 0 fully saturated rings. The Morgan fingerprint density at radius 3 is 1.91 bits per heavy atom. The van der Waals surface area contributed by atoms with Crippen LogP contribution >= 0.6 is 11.8 Å². The number of nitrogens with one attached hydrogen (secondary N) is 1. The Morgan fingerprint density at radius 1 is 0.912 bits per heavy atom. The fraction of sp³-hybridized carbons (Fsp3) is 0.759. The molecule has 194 valence electrons. The van der Waals surface area contributed by atoms with Crippen LogP contribution in [0.4, 0.5) is 0 Å². The van der Waals surface area contributed by atoms with Crippen LogP contribution in [0.5, 0.6) is 11.5 Å². The van der Waals surface area contributed by atoms with E-state index < -0.39 is 0 Å². The summed E-state index contributed by atoms with van der Waals surface area (Å²) in [6.45, 7) is 8.45. The van der Waals surface area contributed by atoms with Crippen LogP contribution in [-0.2, 0) is 6.42 Å². The van der Waals surface area contributed by atoms with Crippen molar-refractivity contribution in [2.24, 2.45) is 5.73 Å². The van der Waals surface area contributed by atoms with Crippen LogP contribution < -0.4 is 10.5 Å². The summed E-state index contributed by atoms with van der Waals surface area (Å²) in [4.78, 5) is 0.698. The van der Waals surface area contributed by atoms with E-state index in [1.54, 1.807) is 0 Å². The Bertz CT molecular complexity index is 780. The summed E-state index contributed by atoms with van der Waals surface area (Å²) in [6.07, 6.45) is 22.1. The van der Waals surface area contributed by atoms with Crippen LogP contribution in [-0.4, -0.2) is 15.9 Å². The molecule has 1 heterocycles. The minimum atomic E-state index is -0.156. The first-order valence-corrected chi connectivity index (χ1v) is 14.7. The molecule has 1 aromatic carbocycles. The van der Waals surface area contributed by atoms with Gasteiger partial charge in [0, 0.05) is 5.56 Å². The summed E-state index contributed by atoms with van der Waals surface area (Å²) < 4.78 is 6.59. The van der Waals surface area contributed by atoms with E-state index in [0.29, 0.717) is 4.90 Å². The van der Waals surface area contributed by atoms with Crippen LogP contribution in [0.15, 0.2) is 4.90 Å². The molecule has 4 nitrogen and oxygen atoms in total. The molecule has 0 radical (unpaired) electrons. The van der Waals surface area contributed by atoms with E-state index in [2.05, 4.69) is 13.8 Å². The molecule has 1 atom stereocenters. The second-order valence-corrected chi connectivity index (χ2v) is 11.7. The summed E-state index contributed by atoms with van der Waals surface area (Å²) in [6, 6.07) is 0. The van der Waals surface area contributed by atoms with Gasteiger partial charge in [0.05, 0.1) is 4.90 Å². The average Bonchev–Trinajstić information content (AvgIpc) is 2.80. The van der Waals surface area contributed by atoms with E-state index in [0.717, 1.165) is 53.5 Å². The Labute approximate surface area is 213 Å². The summed E-state index contributed by atoms with van der Waals surface area (Å²) in [5.41, 5.74) is 8.31. The van der Waals surface area contributed by atoms with Crippen molar-refractivity contribution in [3.63, 3.8) is 0 Å². The first kappa shape index (κ1) is 28.9. The number of hydrogen-bond donors (Lipinski definition) is 3. The quantitative estimate of drug-likeness (QED) is 0.0935. The van der Waals surface area contributed by atoms with E-state index in [9.17, 15) is 5.11 Å². The molecular formula is C29H50N2O2S. The number of amidine groups is 1. The standard InChI is InChI=1S/C29H50N2O2S/c1-5-6-7-8-9-10-11-12-13-14-15-16-17-18-20-29(4)21-19-24-26(33-29)23(3)22(2)25(32)27(24)34-28(30)31/h32H,5-21H2,1-4H3,(H3,30,31). The Balaban J connectivity index is 1.67. The molecule has 1 aliphatic rings. The Hall–Kier alpha value is -1.36. The van der Waals surface area contributed by atoms with Gasteiger partial charge in [0.2, 0.25) is 0 Å². The van der Waals surface area contributed by atoms with Gasteiger partial charge in [0.25, 0.3) is 0 Å². The zero-order valence-electron chi connectivity index (χ0n) is 22.4. The van der Waals surface area contributed by atoms with Gasteiger partial charge in [-0.3, -0.25) is 5.41 Å². The van der Waals surface area contributed by atoms with Gasteiger partial charge in [-0.25, -0.2) is 0 Å². The molecule has 1 aromatic rings. The zero-order valence-corrected chi connectivity index (χ0v) is 23.2. The number of ether oxygens (including phenoxy) is 1. The lowest BCUT2D eigenvalue weighted by Gasteiger charge is -2.38. The van der Waals surface area contributed by atoms with Crippen molar-refractivity contribution in [3.05, 3.63) is 16.7 Å². The zero-order chi connectivity index (χ0) is 25.0. The molecular weight excluding hydrogens is 440 g/mol. The molecule has 34 heavy (non-hydrogen) atoms. The van der Waals surface area contributed by atoms with Crippen LogP contribution in [0.2, 0.25) is 0 Å². The Morgan fingerprint density at radius 2 is 1.41 bits per heavy atom. The number of rotatable bonds is 16. The maximum absolute atomic E-state index is 10.6. The topological polar surface area (TPSA) is 79.3 Å². The number of hydrogen-bond acceptors (Lipinski definition) is 4. The third-order valence-electron chi connectivity index (χ3n) is 7.55. The predicted octanol–water partition coefficient (Wildman–Crippen LogP) is 8.95. The van der Waals surface area contributed by atoms with Gasteiger partial charge in [-0.05, 0) is 69.3 Å². The van der Waals surface area contributed by atoms with E-state index in [1.807, 2.05) is 13.8 Å². The van der Waals surface area contributed by atoms with Crippen molar-refractivity contribution in [3.8, 4) is 11.5 Å². The third kappa shape index (κ3) is 9.02.